The predicted molar refractivity (Wildman–Crippen MR) is 71.1 cm³/mol. The Labute approximate surface area is 102 Å². The van der Waals surface area contributed by atoms with Gasteiger partial charge in [0.25, 0.3) is 0 Å². The van der Waals surface area contributed by atoms with E-state index in [2.05, 4.69) is 35.6 Å². The summed E-state index contributed by atoms with van der Waals surface area (Å²) < 4.78 is 0. The highest BCUT2D eigenvalue weighted by Crippen LogP contribution is 2.29. The van der Waals surface area contributed by atoms with Crippen molar-refractivity contribution >= 4 is 17.6 Å². The quantitative estimate of drug-likeness (QED) is 0.805. The molecule has 16 heavy (non-hydrogen) atoms. The Balaban J connectivity index is 1.92. The monoisotopic (exact) mass is 236 g/mol. The van der Waals surface area contributed by atoms with Crippen molar-refractivity contribution in [2.45, 2.75) is 43.5 Å². The summed E-state index contributed by atoms with van der Waals surface area (Å²) in [6, 6.07) is 4.76. The Morgan fingerprint density at radius 2 is 2.12 bits per heavy atom. The van der Waals surface area contributed by atoms with Crippen LogP contribution in [0.25, 0.3) is 0 Å². The zero-order valence-electron chi connectivity index (χ0n) is 10.1. The molecule has 0 saturated heterocycles. The maximum atomic E-state index is 4.43. The van der Waals surface area contributed by atoms with Crippen molar-refractivity contribution in [1.29, 1.82) is 0 Å². The van der Waals surface area contributed by atoms with Crippen molar-refractivity contribution in [3.8, 4) is 0 Å². The van der Waals surface area contributed by atoms with E-state index >= 15 is 0 Å². The molecule has 1 heterocycles. The summed E-state index contributed by atoms with van der Waals surface area (Å²) in [5.74, 6) is 1.85. The van der Waals surface area contributed by atoms with Crippen molar-refractivity contribution in [2.75, 3.05) is 11.6 Å². The highest BCUT2D eigenvalue weighted by molar-refractivity contribution is 7.98. The number of thioether (sulfide) groups is 1. The van der Waals surface area contributed by atoms with Crippen LogP contribution in [0, 0.1) is 5.92 Å². The molecule has 1 N–H and O–H groups in total. The van der Waals surface area contributed by atoms with E-state index in [-0.39, 0.29) is 0 Å². The summed E-state index contributed by atoms with van der Waals surface area (Å²) >= 11 is 1.73. The molecule has 1 aliphatic carbocycles. The molecule has 1 fully saturated rings. The van der Waals surface area contributed by atoms with Crippen LogP contribution in [0.2, 0.25) is 0 Å². The molecule has 88 valence electrons. The van der Waals surface area contributed by atoms with Crippen LogP contribution in [0.1, 0.15) is 32.6 Å². The van der Waals surface area contributed by atoms with Crippen LogP contribution in [0.15, 0.2) is 23.2 Å². The highest BCUT2D eigenvalue weighted by atomic mass is 32.2. The van der Waals surface area contributed by atoms with E-state index in [0.717, 1.165) is 11.7 Å². The second-order valence-electron chi connectivity index (χ2n) is 4.56. The van der Waals surface area contributed by atoms with Crippen LogP contribution < -0.4 is 5.32 Å². The van der Waals surface area contributed by atoms with Crippen molar-refractivity contribution in [3.63, 3.8) is 0 Å². The van der Waals surface area contributed by atoms with Gasteiger partial charge in [-0.2, -0.15) is 0 Å². The van der Waals surface area contributed by atoms with Gasteiger partial charge in [-0.3, -0.25) is 0 Å². The molecule has 1 atom stereocenters. The maximum absolute atomic E-state index is 4.43. The van der Waals surface area contributed by atoms with E-state index in [0.29, 0.717) is 6.04 Å². The number of nitrogens with zero attached hydrogens (tertiary/aromatic N) is 1. The lowest BCUT2D eigenvalue weighted by Gasteiger charge is -2.20. The molecule has 2 rings (SSSR count). The number of hydrogen-bond acceptors (Lipinski definition) is 3. The van der Waals surface area contributed by atoms with Gasteiger partial charge < -0.3 is 5.32 Å². The molecule has 0 aliphatic heterocycles. The molecule has 1 aromatic rings. The zero-order chi connectivity index (χ0) is 11.4. The first-order valence-corrected chi connectivity index (χ1v) is 7.28. The Morgan fingerprint density at radius 1 is 1.38 bits per heavy atom. The predicted octanol–water partition coefficient (Wildman–Crippen LogP) is 3.79. The fraction of sp³-hybridized carbons (Fsp3) is 0.615. The Morgan fingerprint density at radius 3 is 2.69 bits per heavy atom. The molecule has 0 aromatic carbocycles. The molecule has 1 unspecified atom stereocenters. The second kappa shape index (κ2) is 5.58. The fourth-order valence-corrected chi connectivity index (χ4v) is 2.76. The van der Waals surface area contributed by atoms with Gasteiger partial charge in [0.15, 0.2) is 0 Å². The number of anilines is 1. The maximum Gasteiger partial charge on any atom is 0.126 e. The van der Waals surface area contributed by atoms with Crippen LogP contribution in [-0.4, -0.2) is 17.3 Å². The minimum absolute atomic E-state index is 0.551. The van der Waals surface area contributed by atoms with Gasteiger partial charge in [0.05, 0.1) is 0 Å². The van der Waals surface area contributed by atoms with Gasteiger partial charge in [0.2, 0.25) is 0 Å². The molecular formula is C13H20N2S. The SMILES string of the molecule is CSc1ccc(NC(C)C2CCCC2)nc1. The van der Waals surface area contributed by atoms with Crippen LogP contribution in [0.4, 0.5) is 5.82 Å². The minimum Gasteiger partial charge on any atom is -0.367 e. The standard InChI is InChI=1S/C13H20N2S/c1-10(11-5-3-4-6-11)15-13-8-7-12(16-2)9-14-13/h7-11H,3-6H2,1-2H3,(H,14,15). The summed E-state index contributed by atoms with van der Waals surface area (Å²) in [5, 5.41) is 3.51. The van der Waals surface area contributed by atoms with Gasteiger partial charge in [0, 0.05) is 17.1 Å². The number of hydrogen-bond donors (Lipinski definition) is 1. The lowest BCUT2D eigenvalue weighted by atomic mass is 10.00. The molecule has 0 bridgehead atoms. The summed E-state index contributed by atoms with van der Waals surface area (Å²) in [4.78, 5) is 5.65. The van der Waals surface area contributed by atoms with Crippen molar-refractivity contribution < 1.29 is 0 Å². The van der Waals surface area contributed by atoms with Gasteiger partial charge in [0.1, 0.15) is 5.82 Å². The molecule has 1 aliphatic rings. The third-order valence-corrected chi connectivity index (χ3v) is 4.17. The van der Waals surface area contributed by atoms with Gasteiger partial charge >= 0.3 is 0 Å². The average Bonchev–Trinajstić information content (AvgIpc) is 2.83. The highest BCUT2D eigenvalue weighted by Gasteiger charge is 2.21. The normalized spacial score (nSPS) is 18.6. The second-order valence-corrected chi connectivity index (χ2v) is 5.44. The van der Waals surface area contributed by atoms with Gasteiger partial charge in [-0.05, 0) is 44.1 Å². The number of rotatable bonds is 4. The van der Waals surface area contributed by atoms with Crippen molar-refractivity contribution in [3.05, 3.63) is 18.3 Å². The summed E-state index contributed by atoms with van der Waals surface area (Å²) in [6.45, 7) is 2.28. The van der Waals surface area contributed by atoms with E-state index in [1.165, 1.54) is 30.6 Å². The van der Waals surface area contributed by atoms with Crippen molar-refractivity contribution in [2.24, 2.45) is 5.92 Å². The molecule has 1 aromatic heterocycles. The molecule has 0 spiro atoms. The van der Waals surface area contributed by atoms with Gasteiger partial charge in [-0.25, -0.2) is 4.98 Å². The van der Waals surface area contributed by atoms with Crippen LogP contribution >= 0.6 is 11.8 Å². The Bertz CT molecular complexity index is 317. The molecule has 0 amide bonds. The van der Waals surface area contributed by atoms with Crippen LogP contribution in [-0.2, 0) is 0 Å². The van der Waals surface area contributed by atoms with Crippen molar-refractivity contribution in [1.82, 2.24) is 4.98 Å². The number of nitrogens with one attached hydrogen (secondary N) is 1. The first kappa shape index (κ1) is 11.8. The molecule has 1 saturated carbocycles. The lowest BCUT2D eigenvalue weighted by molar-refractivity contribution is 0.481. The smallest absolute Gasteiger partial charge is 0.126 e. The Kier molecular flexibility index (Phi) is 4.10. The third-order valence-electron chi connectivity index (χ3n) is 3.45. The van der Waals surface area contributed by atoms with Gasteiger partial charge in [-0.15, -0.1) is 11.8 Å². The summed E-state index contributed by atoms with van der Waals surface area (Å²) in [5.41, 5.74) is 0. The van der Waals surface area contributed by atoms with E-state index in [9.17, 15) is 0 Å². The molecular weight excluding hydrogens is 216 g/mol. The van der Waals surface area contributed by atoms with E-state index < -0.39 is 0 Å². The number of pyridine rings is 1. The Hall–Kier alpha value is -0.700. The van der Waals surface area contributed by atoms with E-state index in [1.54, 1.807) is 11.8 Å². The van der Waals surface area contributed by atoms with E-state index in [4.69, 9.17) is 0 Å². The minimum atomic E-state index is 0.551. The largest absolute Gasteiger partial charge is 0.367 e. The summed E-state index contributed by atoms with van der Waals surface area (Å²) in [7, 11) is 0. The van der Waals surface area contributed by atoms with Crippen LogP contribution in [0.3, 0.4) is 0 Å². The fourth-order valence-electron chi connectivity index (χ4n) is 2.39. The summed E-state index contributed by atoms with van der Waals surface area (Å²) in [6.07, 6.45) is 9.55. The first-order chi connectivity index (χ1) is 7.79. The topological polar surface area (TPSA) is 24.9 Å². The third kappa shape index (κ3) is 2.91. The zero-order valence-corrected chi connectivity index (χ0v) is 10.9. The average molecular weight is 236 g/mol. The van der Waals surface area contributed by atoms with Gasteiger partial charge in [-0.1, -0.05) is 12.8 Å². The van der Waals surface area contributed by atoms with E-state index in [1.807, 2.05) is 6.20 Å². The molecule has 0 radical (unpaired) electrons. The molecule has 3 heteroatoms. The lowest BCUT2D eigenvalue weighted by Crippen LogP contribution is -2.24. The molecule has 2 nitrogen and oxygen atoms in total. The van der Waals surface area contributed by atoms with Crippen LogP contribution in [0.5, 0.6) is 0 Å². The number of aromatic nitrogens is 1. The first-order valence-electron chi connectivity index (χ1n) is 6.06.